The Kier molecular flexibility index (Phi) is 4.09. The predicted octanol–water partition coefficient (Wildman–Crippen LogP) is 2.28. The lowest BCUT2D eigenvalue weighted by Crippen LogP contribution is -2.39. The maximum Gasteiger partial charge on any atom is 0.169 e. The van der Waals surface area contributed by atoms with E-state index in [0.717, 1.165) is 24.6 Å². The molecule has 1 N–H and O–H groups in total. The zero-order valence-corrected chi connectivity index (χ0v) is 10.6. The molecule has 1 saturated heterocycles. The summed E-state index contributed by atoms with van der Waals surface area (Å²) in [5.41, 5.74) is 1.29. The van der Waals surface area contributed by atoms with Gasteiger partial charge in [-0.25, -0.2) is 0 Å². The Morgan fingerprint density at radius 3 is 3.06 bits per heavy atom. The van der Waals surface area contributed by atoms with Gasteiger partial charge < -0.3 is 10.2 Å². The highest BCUT2D eigenvalue weighted by Gasteiger charge is 2.27. The molecule has 17 heavy (non-hydrogen) atoms. The summed E-state index contributed by atoms with van der Waals surface area (Å²) in [5.74, 6) is 0. The Balaban J connectivity index is 2.07. The molecule has 1 fully saturated rings. The van der Waals surface area contributed by atoms with E-state index in [-0.39, 0.29) is 0 Å². The van der Waals surface area contributed by atoms with Crippen molar-refractivity contribution < 1.29 is 0 Å². The standard InChI is InChI=1S/C13H17N3S/c1-2-7-15-13(17)16-10-3-4-12(16)11-5-8-14-9-6-11/h2,5-6,8-9,12H,1,3-4,7,10H2,(H,15,17). The van der Waals surface area contributed by atoms with Crippen molar-refractivity contribution in [1.29, 1.82) is 0 Å². The van der Waals surface area contributed by atoms with Gasteiger partial charge in [0.2, 0.25) is 0 Å². The molecule has 1 aromatic rings. The first-order valence-corrected chi connectivity index (χ1v) is 6.29. The summed E-state index contributed by atoms with van der Waals surface area (Å²) in [4.78, 5) is 6.31. The van der Waals surface area contributed by atoms with Gasteiger partial charge in [0.25, 0.3) is 0 Å². The van der Waals surface area contributed by atoms with Crippen LogP contribution in [0.5, 0.6) is 0 Å². The third kappa shape index (κ3) is 2.82. The normalized spacial score (nSPS) is 19.1. The Hall–Kier alpha value is -1.42. The summed E-state index contributed by atoms with van der Waals surface area (Å²) in [6.07, 6.45) is 7.84. The van der Waals surface area contributed by atoms with Crippen LogP contribution in [0, 0.1) is 0 Å². The molecule has 0 amide bonds. The molecule has 0 bridgehead atoms. The lowest BCUT2D eigenvalue weighted by Gasteiger charge is -2.27. The van der Waals surface area contributed by atoms with Crippen LogP contribution in [-0.2, 0) is 0 Å². The molecule has 0 aromatic carbocycles. The summed E-state index contributed by atoms with van der Waals surface area (Å²) in [5, 5.41) is 4.02. The first-order chi connectivity index (χ1) is 8.33. The van der Waals surface area contributed by atoms with Gasteiger partial charge >= 0.3 is 0 Å². The van der Waals surface area contributed by atoms with E-state index in [2.05, 4.69) is 33.9 Å². The number of hydrogen-bond acceptors (Lipinski definition) is 2. The Bertz CT molecular complexity index is 391. The molecule has 1 aliphatic heterocycles. The topological polar surface area (TPSA) is 28.2 Å². The van der Waals surface area contributed by atoms with Crippen LogP contribution in [0.2, 0.25) is 0 Å². The quantitative estimate of drug-likeness (QED) is 0.655. The molecule has 3 nitrogen and oxygen atoms in total. The zero-order valence-electron chi connectivity index (χ0n) is 9.80. The van der Waals surface area contributed by atoms with E-state index in [1.807, 2.05) is 18.5 Å². The van der Waals surface area contributed by atoms with Crippen LogP contribution in [-0.4, -0.2) is 28.1 Å². The van der Waals surface area contributed by atoms with Crippen LogP contribution in [0.1, 0.15) is 24.4 Å². The second-order valence-corrected chi connectivity index (χ2v) is 4.49. The summed E-state index contributed by atoms with van der Waals surface area (Å²) in [7, 11) is 0. The van der Waals surface area contributed by atoms with Crippen LogP contribution >= 0.6 is 12.2 Å². The van der Waals surface area contributed by atoms with E-state index in [1.54, 1.807) is 0 Å². The number of hydrogen-bond donors (Lipinski definition) is 1. The van der Waals surface area contributed by atoms with Crippen molar-refractivity contribution in [3.63, 3.8) is 0 Å². The minimum absolute atomic E-state index is 0.391. The van der Waals surface area contributed by atoms with Crippen LogP contribution in [0.3, 0.4) is 0 Å². The average Bonchev–Trinajstić information content (AvgIpc) is 2.86. The molecule has 0 radical (unpaired) electrons. The third-order valence-electron chi connectivity index (χ3n) is 3.00. The van der Waals surface area contributed by atoms with Crippen molar-refractivity contribution in [2.45, 2.75) is 18.9 Å². The number of likely N-dealkylation sites (tertiary alicyclic amines) is 1. The molecule has 1 atom stereocenters. The number of nitrogens with zero attached hydrogens (tertiary/aromatic N) is 2. The van der Waals surface area contributed by atoms with Crippen LogP contribution in [0.25, 0.3) is 0 Å². The lowest BCUT2D eigenvalue weighted by molar-refractivity contribution is 0.395. The fourth-order valence-electron chi connectivity index (χ4n) is 2.20. The second-order valence-electron chi connectivity index (χ2n) is 4.11. The van der Waals surface area contributed by atoms with Crippen LogP contribution in [0.4, 0.5) is 0 Å². The van der Waals surface area contributed by atoms with Crippen molar-refractivity contribution in [3.8, 4) is 0 Å². The smallest absolute Gasteiger partial charge is 0.169 e. The molecule has 0 aliphatic carbocycles. The summed E-state index contributed by atoms with van der Waals surface area (Å²) >= 11 is 5.41. The molecule has 2 rings (SSSR count). The van der Waals surface area contributed by atoms with Crippen molar-refractivity contribution in [1.82, 2.24) is 15.2 Å². The lowest BCUT2D eigenvalue weighted by atomic mass is 10.1. The Labute approximate surface area is 108 Å². The van der Waals surface area contributed by atoms with Gasteiger partial charge in [-0.2, -0.15) is 0 Å². The van der Waals surface area contributed by atoms with Gasteiger partial charge in [-0.05, 0) is 42.8 Å². The van der Waals surface area contributed by atoms with Crippen LogP contribution in [0.15, 0.2) is 37.2 Å². The molecule has 1 aliphatic rings. The first-order valence-electron chi connectivity index (χ1n) is 5.88. The van der Waals surface area contributed by atoms with Gasteiger partial charge in [0.1, 0.15) is 0 Å². The number of pyridine rings is 1. The molecule has 0 spiro atoms. The van der Waals surface area contributed by atoms with Gasteiger partial charge in [-0.15, -0.1) is 6.58 Å². The van der Waals surface area contributed by atoms with E-state index in [4.69, 9.17) is 12.2 Å². The zero-order chi connectivity index (χ0) is 12.1. The largest absolute Gasteiger partial charge is 0.359 e. The predicted molar refractivity (Wildman–Crippen MR) is 73.7 cm³/mol. The highest BCUT2D eigenvalue weighted by molar-refractivity contribution is 7.80. The monoisotopic (exact) mass is 247 g/mol. The van der Waals surface area contributed by atoms with Gasteiger partial charge in [0.05, 0.1) is 6.04 Å². The van der Waals surface area contributed by atoms with Gasteiger partial charge in [-0.3, -0.25) is 4.98 Å². The first kappa shape index (κ1) is 12.0. The van der Waals surface area contributed by atoms with Crippen molar-refractivity contribution in [2.75, 3.05) is 13.1 Å². The number of nitrogens with one attached hydrogen (secondary N) is 1. The highest BCUT2D eigenvalue weighted by Crippen LogP contribution is 2.31. The average molecular weight is 247 g/mol. The van der Waals surface area contributed by atoms with E-state index < -0.39 is 0 Å². The SMILES string of the molecule is C=CCNC(=S)N1CCCC1c1ccncc1. The Morgan fingerprint density at radius 1 is 1.59 bits per heavy atom. The fraction of sp³-hybridized carbons (Fsp3) is 0.385. The maximum absolute atomic E-state index is 5.41. The maximum atomic E-state index is 5.41. The van der Waals surface area contributed by atoms with Gasteiger partial charge in [0, 0.05) is 25.5 Å². The summed E-state index contributed by atoms with van der Waals surface area (Å²) in [6.45, 7) is 5.43. The van der Waals surface area contributed by atoms with Crippen molar-refractivity contribution in [3.05, 3.63) is 42.7 Å². The van der Waals surface area contributed by atoms with Crippen molar-refractivity contribution in [2.24, 2.45) is 0 Å². The molecule has 4 heteroatoms. The summed E-state index contributed by atoms with van der Waals surface area (Å²) < 4.78 is 0. The molecular weight excluding hydrogens is 230 g/mol. The number of thiocarbonyl (C=S) groups is 1. The van der Waals surface area contributed by atoms with Gasteiger partial charge in [0.15, 0.2) is 5.11 Å². The van der Waals surface area contributed by atoms with E-state index >= 15 is 0 Å². The molecule has 1 unspecified atom stereocenters. The molecule has 90 valence electrons. The third-order valence-corrected chi connectivity index (χ3v) is 3.38. The van der Waals surface area contributed by atoms with E-state index in [9.17, 15) is 0 Å². The minimum Gasteiger partial charge on any atom is -0.359 e. The second kappa shape index (κ2) is 5.77. The highest BCUT2D eigenvalue weighted by atomic mass is 32.1. The fourth-order valence-corrected chi connectivity index (χ4v) is 2.50. The molecule has 2 heterocycles. The molecular formula is C13H17N3S. The minimum atomic E-state index is 0.391. The molecule has 0 saturated carbocycles. The molecule has 1 aromatic heterocycles. The Morgan fingerprint density at radius 2 is 2.35 bits per heavy atom. The van der Waals surface area contributed by atoms with Crippen molar-refractivity contribution >= 4 is 17.3 Å². The number of aromatic nitrogens is 1. The van der Waals surface area contributed by atoms with E-state index in [1.165, 1.54) is 12.0 Å². The summed E-state index contributed by atoms with van der Waals surface area (Å²) in [6, 6.07) is 4.53. The number of rotatable bonds is 3. The van der Waals surface area contributed by atoms with Crippen LogP contribution < -0.4 is 5.32 Å². The van der Waals surface area contributed by atoms with E-state index in [0.29, 0.717) is 6.04 Å². The van der Waals surface area contributed by atoms with Gasteiger partial charge in [-0.1, -0.05) is 6.08 Å².